The maximum atomic E-state index is 12.7. The Morgan fingerprint density at radius 1 is 0.897 bits per heavy atom. The molecular formula is C24H18ClNO3. The minimum Gasteiger partial charge on any atom is -0.477 e. The number of carboxylic acid groups (broad SMARTS) is 1. The summed E-state index contributed by atoms with van der Waals surface area (Å²) in [7, 11) is 0. The normalized spacial score (nSPS) is 10.9. The van der Waals surface area contributed by atoms with E-state index in [2.05, 4.69) is 41.4 Å². The summed E-state index contributed by atoms with van der Waals surface area (Å²) < 4.78 is 0. The highest BCUT2D eigenvalue weighted by Gasteiger charge is 2.16. The van der Waals surface area contributed by atoms with Crippen LogP contribution in [-0.2, 0) is 12.8 Å². The molecule has 1 aromatic heterocycles. The van der Waals surface area contributed by atoms with Gasteiger partial charge in [-0.1, -0.05) is 72.3 Å². The molecule has 144 valence electrons. The zero-order valence-corrected chi connectivity index (χ0v) is 16.2. The molecule has 0 unspecified atom stereocenters. The molecular weight excluding hydrogens is 386 g/mol. The van der Waals surface area contributed by atoms with Gasteiger partial charge in [0.15, 0.2) is 0 Å². The molecule has 0 spiro atoms. The van der Waals surface area contributed by atoms with E-state index in [-0.39, 0.29) is 5.56 Å². The van der Waals surface area contributed by atoms with Gasteiger partial charge in [0.25, 0.3) is 0 Å². The summed E-state index contributed by atoms with van der Waals surface area (Å²) in [5, 5.41) is 10.00. The zero-order valence-electron chi connectivity index (χ0n) is 15.5. The van der Waals surface area contributed by atoms with Gasteiger partial charge in [-0.25, -0.2) is 4.79 Å². The second-order valence-electron chi connectivity index (χ2n) is 6.86. The van der Waals surface area contributed by atoms with Gasteiger partial charge < -0.3 is 10.1 Å². The van der Waals surface area contributed by atoms with Crippen LogP contribution in [0.2, 0.25) is 5.02 Å². The Kier molecular flexibility index (Phi) is 5.19. The average Bonchev–Trinajstić information content (AvgIpc) is 2.74. The summed E-state index contributed by atoms with van der Waals surface area (Å²) in [5.41, 5.74) is 3.90. The van der Waals surface area contributed by atoms with Crippen molar-refractivity contribution in [1.29, 1.82) is 0 Å². The maximum Gasteiger partial charge on any atom is 0.341 e. The number of halogens is 1. The number of carbonyl (C=O) groups is 1. The van der Waals surface area contributed by atoms with Gasteiger partial charge in [-0.05, 0) is 41.2 Å². The van der Waals surface area contributed by atoms with Crippen molar-refractivity contribution < 1.29 is 9.90 Å². The first-order chi connectivity index (χ1) is 14.0. The standard InChI is InChI=1S/C24H18ClNO3/c25-20-13-12-18(21-22(20)26-14-19(23(21)27)24(28)29)11-8-15-6-9-17(10-7-15)16-4-2-1-3-5-16/h1-7,9-10,12-14H,8,11H2,(H,26,27)(H,28,29). The van der Waals surface area contributed by atoms with Crippen LogP contribution in [0.5, 0.6) is 0 Å². The van der Waals surface area contributed by atoms with Gasteiger partial charge in [-0.15, -0.1) is 0 Å². The molecule has 0 aliphatic rings. The number of pyridine rings is 1. The minimum absolute atomic E-state index is 0.284. The van der Waals surface area contributed by atoms with Crippen LogP contribution in [-0.4, -0.2) is 16.1 Å². The van der Waals surface area contributed by atoms with Crippen LogP contribution in [0.1, 0.15) is 21.5 Å². The number of fused-ring (bicyclic) bond motifs is 1. The van der Waals surface area contributed by atoms with Gasteiger partial charge in [0.2, 0.25) is 5.43 Å². The summed E-state index contributed by atoms with van der Waals surface area (Å²) in [6.07, 6.45) is 2.53. The highest BCUT2D eigenvalue weighted by atomic mass is 35.5. The van der Waals surface area contributed by atoms with E-state index in [1.807, 2.05) is 18.2 Å². The molecule has 1 heterocycles. The molecule has 4 aromatic rings. The molecule has 0 saturated heterocycles. The van der Waals surface area contributed by atoms with Crippen LogP contribution in [0.25, 0.3) is 22.0 Å². The third-order valence-corrected chi connectivity index (χ3v) is 5.36. The monoisotopic (exact) mass is 403 g/mol. The Labute approximate surface area is 172 Å². The number of aromatic amines is 1. The molecule has 4 rings (SSSR count). The summed E-state index contributed by atoms with van der Waals surface area (Å²) in [6, 6.07) is 22.0. The molecule has 0 radical (unpaired) electrons. The Morgan fingerprint density at radius 2 is 1.59 bits per heavy atom. The smallest absolute Gasteiger partial charge is 0.341 e. The fourth-order valence-corrected chi connectivity index (χ4v) is 3.72. The first-order valence-corrected chi connectivity index (χ1v) is 9.63. The molecule has 0 fully saturated rings. The topological polar surface area (TPSA) is 70.2 Å². The molecule has 0 aliphatic heterocycles. The quantitative estimate of drug-likeness (QED) is 0.473. The van der Waals surface area contributed by atoms with E-state index in [9.17, 15) is 14.7 Å². The van der Waals surface area contributed by atoms with Gasteiger partial charge >= 0.3 is 5.97 Å². The number of hydrogen-bond donors (Lipinski definition) is 2. The Hall–Kier alpha value is -3.37. The van der Waals surface area contributed by atoms with E-state index in [4.69, 9.17) is 11.6 Å². The summed E-state index contributed by atoms with van der Waals surface area (Å²) in [5.74, 6) is -1.25. The average molecular weight is 404 g/mol. The molecule has 29 heavy (non-hydrogen) atoms. The van der Waals surface area contributed by atoms with Crippen LogP contribution < -0.4 is 5.43 Å². The van der Waals surface area contributed by atoms with E-state index >= 15 is 0 Å². The lowest BCUT2D eigenvalue weighted by atomic mass is 9.97. The van der Waals surface area contributed by atoms with Crippen molar-refractivity contribution in [3.63, 3.8) is 0 Å². The number of nitrogens with one attached hydrogen (secondary N) is 1. The van der Waals surface area contributed by atoms with Crippen LogP contribution in [0.15, 0.2) is 77.7 Å². The Balaban J connectivity index is 1.63. The van der Waals surface area contributed by atoms with Gasteiger partial charge in [0.05, 0.1) is 15.9 Å². The van der Waals surface area contributed by atoms with Crippen LogP contribution in [0, 0.1) is 0 Å². The van der Waals surface area contributed by atoms with Crippen molar-refractivity contribution >= 4 is 28.5 Å². The van der Waals surface area contributed by atoms with E-state index in [0.29, 0.717) is 22.3 Å². The lowest BCUT2D eigenvalue weighted by molar-refractivity contribution is 0.0695. The number of aromatic carboxylic acids is 1. The van der Waals surface area contributed by atoms with Gasteiger partial charge in [-0.3, -0.25) is 4.79 Å². The highest BCUT2D eigenvalue weighted by Crippen LogP contribution is 2.25. The number of aryl methyl sites for hydroxylation is 2. The second kappa shape index (κ2) is 7.94. The minimum atomic E-state index is -1.25. The van der Waals surface area contributed by atoms with E-state index in [1.54, 1.807) is 12.1 Å². The van der Waals surface area contributed by atoms with Crippen molar-refractivity contribution in [1.82, 2.24) is 4.98 Å². The second-order valence-corrected chi connectivity index (χ2v) is 7.26. The third kappa shape index (κ3) is 3.80. The highest BCUT2D eigenvalue weighted by molar-refractivity contribution is 6.35. The number of H-pyrrole nitrogens is 1. The third-order valence-electron chi connectivity index (χ3n) is 5.05. The van der Waals surface area contributed by atoms with Gasteiger partial charge in [0.1, 0.15) is 5.56 Å². The summed E-state index contributed by atoms with van der Waals surface area (Å²) in [6.45, 7) is 0. The largest absolute Gasteiger partial charge is 0.477 e. The fraction of sp³-hybridized carbons (Fsp3) is 0.0833. The lowest BCUT2D eigenvalue weighted by Crippen LogP contribution is -2.17. The van der Waals surface area contributed by atoms with Crippen LogP contribution >= 0.6 is 11.6 Å². The first kappa shape index (κ1) is 19.0. The first-order valence-electron chi connectivity index (χ1n) is 9.25. The summed E-state index contributed by atoms with van der Waals surface area (Å²) >= 11 is 6.21. The predicted octanol–water partition coefficient (Wildman–Crippen LogP) is 5.33. The number of carboxylic acids is 1. The van der Waals surface area contributed by atoms with Gasteiger partial charge in [0, 0.05) is 6.20 Å². The van der Waals surface area contributed by atoms with Crippen molar-refractivity contribution in [3.8, 4) is 11.1 Å². The van der Waals surface area contributed by atoms with Crippen molar-refractivity contribution in [3.05, 3.63) is 105 Å². The van der Waals surface area contributed by atoms with E-state index in [1.165, 1.54) is 6.20 Å². The Morgan fingerprint density at radius 3 is 2.28 bits per heavy atom. The van der Waals surface area contributed by atoms with Crippen LogP contribution in [0.4, 0.5) is 0 Å². The molecule has 5 heteroatoms. The molecule has 4 nitrogen and oxygen atoms in total. The van der Waals surface area contributed by atoms with E-state index in [0.717, 1.165) is 28.7 Å². The lowest BCUT2D eigenvalue weighted by Gasteiger charge is -2.09. The molecule has 0 atom stereocenters. The zero-order chi connectivity index (χ0) is 20.4. The van der Waals surface area contributed by atoms with Gasteiger partial charge in [-0.2, -0.15) is 0 Å². The van der Waals surface area contributed by atoms with E-state index < -0.39 is 11.4 Å². The number of aromatic nitrogens is 1. The van der Waals surface area contributed by atoms with Crippen LogP contribution in [0.3, 0.4) is 0 Å². The SMILES string of the molecule is O=C(O)c1c[nH]c2c(Cl)ccc(CCc3ccc(-c4ccccc4)cc3)c2c1=O. The summed E-state index contributed by atoms with van der Waals surface area (Å²) in [4.78, 5) is 26.9. The predicted molar refractivity (Wildman–Crippen MR) is 116 cm³/mol. The fourth-order valence-electron chi connectivity index (χ4n) is 3.51. The maximum absolute atomic E-state index is 12.7. The number of benzene rings is 3. The molecule has 0 bridgehead atoms. The molecule has 2 N–H and O–H groups in total. The molecule has 3 aromatic carbocycles. The molecule has 0 saturated carbocycles. The number of hydrogen-bond acceptors (Lipinski definition) is 2. The molecule has 0 aliphatic carbocycles. The number of rotatable bonds is 5. The van der Waals surface area contributed by atoms with Crippen molar-refractivity contribution in [2.75, 3.05) is 0 Å². The molecule has 0 amide bonds. The Bertz CT molecular complexity index is 1250. The van der Waals surface area contributed by atoms with Crippen molar-refractivity contribution in [2.45, 2.75) is 12.8 Å². The van der Waals surface area contributed by atoms with Crippen molar-refractivity contribution in [2.24, 2.45) is 0 Å².